The van der Waals surface area contributed by atoms with Gasteiger partial charge in [0.25, 0.3) is 10.2 Å². The summed E-state index contributed by atoms with van der Waals surface area (Å²) in [7, 11) is -3.33. The van der Waals surface area contributed by atoms with Crippen LogP contribution in [0.25, 0.3) is 0 Å². The lowest BCUT2D eigenvalue weighted by molar-refractivity contribution is 0.0721. The number of rotatable bonds is 3. The van der Waals surface area contributed by atoms with Gasteiger partial charge in [0, 0.05) is 31.2 Å². The van der Waals surface area contributed by atoms with E-state index in [0.717, 1.165) is 12.8 Å². The molecule has 8 heteroatoms. The molecule has 19 heavy (non-hydrogen) atoms. The third kappa shape index (κ3) is 3.59. The second kappa shape index (κ2) is 6.24. The molecule has 0 aromatic rings. The van der Waals surface area contributed by atoms with E-state index in [-0.39, 0.29) is 18.4 Å². The number of fused-ring (bicyclic) bond motifs is 2. The molecule has 0 aromatic carbocycles. The molecule has 3 aliphatic heterocycles. The number of morpholine rings is 1. The van der Waals surface area contributed by atoms with Crippen molar-refractivity contribution in [3.05, 3.63) is 0 Å². The zero-order chi connectivity index (χ0) is 12.6. The summed E-state index contributed by atoms with van der Waals surface area (Å²) in [5, 5.41) is 3.52. The fraction of sp³-hybridized carbons (Fsp3) is 1.00. The molecule has 0 saturated carbocycles. The van der Waals surface area contributed by atoms with E-state index in [9.17, 15) is 8.42 Å². The lowest BCUT2D eigenvalue weighted by atomic mass is 10.0. The van der Waals surface area contributed by atoms with Gasteiger partial charge in [-0.15, -0.1) is 12.4 Å². The molecule has 2 atom stereocenters. The predicted molar refractivity (Wildman–Crippen MR) is 74.7 cm³/mol. The summed E-state index contributed by atoms with van der Waals surface area (Å²) in [5.41, 5.74) is 0. The summed E-state index contributed by atoms with van der Waals surface area (Å²) in [4.78, 5) is 0. The minimum absolute atomic E-state index is 0. The zero-order valence-corrected chi connectivity index (χ0v) is 12.5. The summed E-state index contributed by atoms with van der Waals surface area (Å²) >= 11 is 0. The Morgan fingerprint density at radius 2 is 1.68 bits per heavy atom. The summed E-state index contributed by atoms with van der Waals surface area (Å²) in [5.74, 6) is 0. The van der Waals surface area contributed by atoms with Crippen LogP contribution < -0.4 is 10.0 Å². The lowest BCUT2D eigenvalue weighted by Crippen LogP contribution is -2.53. The van der Waals surface area contributed by atoms with Gasteiger partial charge in [-0.05, 0) is 25.7 Å². The van der Waals surface area contributed by atoms with Crippen LogP contribution in [0.5, 0.6) is 0 Å². The first kappa shape index (κ1) is 15.5. The highest BCUT2D eigenvalue weighted by Gasteiger charge is 2.36. The van der Waals surface area contributed by atoms with E-state index in [4.69, 9.17) is 4.74 Å². The average molecular weight is 312 g/mol. The van der Waals surface area contributed by atoms with Crippen molar-refractivity contribution in [3.63, 3.8) is 0 Å². The van der Waals surface area contributed by atoms with Gasteiger partial charge in [-0.25, -0.2) is 0 Å². The van der Waals surface area contributed by atoms with Crippen molar-refractivity contribution in [2.75, 3.05) is 26.3 Å². The Balaban J connectivity index is 0.00000133. The van der Waals surface area contributed by atoms with E-state index in [1.807, 2.05) is 0 Å². The monoisotopic (exact) mass is 311 g/mol. The zero-order valence-electron chi connectivity index (χ0n) is 10.9. The number of ether oxygens (including phenoxy) is 1. The number of piperidine rings is 1. The van der Waals surface area contributed by atoms with E-state index in [1.54, 1.807) is 0 Å². The maximum atomic E-state index is 12.2. The third-order valence-corrected chi connectivity index (χ3v) is 5.77. The Morgan fingerprint density at radius 3 is 2.26 bits per heavy atom. The number of hydrogen-bond acceptors (Lipinski definition) is 4. The quantitative estimate of drug-likeness (QED) is 0.761. The third-order valence-electron chi connectivity index (χ3n) is 4.10. The van der Waals surface area contributed by atoms with Crippen molar-refractivity contribution in [1.82, 2.24) is 14.3 Å². The lowest BCUT2D eigenvalue weighted by Gasteiger charge is -2.32. The predicted octanol–water partition coefficient (Wildman–Crippen LogP) is -0.142. The largest absolute Gasteiger partial charge is 0.379 e. The van der Waals surface area contributed by atoms with Crippen molar-refractivity contribution >= 4 is 22.6 Å². The molecule has 2 unspecified atom stereocenters. The molecule has 112 valence electrons. The van der Waals surface area contributed by atoms with Crippen LogP contribution in [0.2, 0.25) is 0 Å². The highest BCUT2D eigenvalue weighted by atomic mass is 35.5. The van der Waals surface area contributed by atoms with Crippen LogP contribution in [0.4, 0.5) is 0 Å². The van der Waals surface area contributed by atoms with Gasteiger partial charge >= 0.3 is 0 Å². The summed E-state index contributed by atoms with van der Waals surface area (Å²) in [6.45, 7) is 1.93. The maximum absolute atomic E-state index is 12.2. The van der Waals surface area contributed by atoms with Gasteiger partial charge in [-0.1, -0.05) is 0 Å². The molecule has 3 rings (SSSR count). The number of nitrogens with zero attached hydrogens (tertiary/aromatic N) is 1. The van der Waals surface area contributed by atoms with Gasteiger partial charge in [-0.2, -0.15) is 17.4 Å². The smallest absolute Gasteiger partial charge is 0.279 e. The van der Waals surface area contributed by atoms with E-state index < -0.39 is 10.2 Å². The molecule has 3 aliphatic rings. The topological polar surface area (TPSA) is 70.7 Å². The SMILES string of the molecule is Cl.O=S(=O)(NC1CC2CCC(C1)N2)N1CCOCC1. The Kier molecular flexibility index (Phi) is 5.08. The van der Waals surface area contributed by atoms with Gasteiger partial charge in [0.1, 0.15) is 0 Å². The van der Waals surface area contributed by atoms with Crippen LogP contribution >= 0.6 is 12.4 Å². The first-order valence-corrected chi connectivity index (χ1v) is 8.19. The van der Waals surface area contributed by atoms with Crippen LogP contribution in [0, 0.1) is 0 Å². The van der Waals surface area contributed by atoms with E-state index in [2.05, 4.69) is 10.0 Å². The molecular weight excluding hydrogens is 290 g/mol. The number of nitrogens with one attached hydrogen (secondary N) is 2. The highest BCUT2D eigenvalue weighted by Crippen LogP contribution is 2.27. The van der Waals surface area contributed by atoms with Crippen LogP contribution in [0.15, 0.2) is 0 Å². The van der Waals surface area contributed by atoms with Crippen molar-refractivity contribution in [2.45, 2.75) is 43.8 Å². The summed E-state index contributed by atoms with van der Waals surface area (Å²) < 4.78 is 34.0. The standard InChI is InChI=1S/C11H21N3O3S.ClH/c15-18(16,14-3-5-17-6-4-14)13-11-7-9-1-2-10(8-11)12-9;/h9-13H,1-8H2;1H. The van der Waals surface area contributed by atoms with Crippen molar-refractivity contribution < 1.29 is 13.2 Å². The highest BCUT2D eigenvalue weighted by molar-refractivity contribution is 7.87. The average Bonchev–Trinajstić information content (AvgIpc) is 2.69. The number of halogens is 1. The summed E-state index contributed by atoms with van der Waals surface area (Å²) in [6.07, 6.45) is 4.20. The first-order chi connectivity index (χ1) is 8.63. The van der Waals surface area contributed by atoms with Gasteiger partial charge < -0.3 is 10.1 Å². The molecule has 0 amide bonds. The van der Waals surface area contributed by atoms with E-state index >= 15 is 0 Å². The molecule has 0 aliphatic carbocycles. The van der Waals surface area contributed by atoms with Crippen molar-refractivity contribution in [3.8, 4) is 0 Å². The van der Waals surface area contributed by atoms with Gasteiger partial charge in [0.05, 0.1) is 13.2 Å². The minimum Gasteiger partial charge on any atom is -0.379 e. The van der Waals surface area contributed by atoms with Crippen LogP contribution in [0.1, 0.15) is 25.7 Å². The molecule has 0 radical (unpaired) electrons. The van der Waals surface area contributed by atoms with Crippen LogP contribution in [-0.2, 0) is 14.9 Å². The molecule has 3 heterocycles. The molecule has 6 nitrogen and oxygen atoms in total. The van der Waals surface area contributed by atoms with Crippen molar-refractivity contribution in [2.24, 2.45) is 0 Å². The fourth-order valence-electron chi connectivity index (χ4n) is 3.23. The number of hydrogen-bond donors (Lipinski definition) is 2. The molecule has 3 fully saturated rings. The Hall–Kier alpha value is 0.0800. The maximum Gasteiger partial charge on any atom is 0.279 e. The van der Waals surface area contributed by atoms with E-state index in [0.29, 0.717) is 38.4 Å². The minimum atomic E-state index is -3.33. The second-order valence-corrected chi connectivity index (χ2v) is 7.14. The Morgan fingerprint density at radius 1 is 1.11 bits per heavy atom. The molecule has 0 spiro atoms. The first-order valence-electron chi connectivity index (χ1n) is 6.75. The van der Waals surface area contributed by atoms with Gasteiger partial charge in [-0.3, -0.25) is 0 Å². The second-order valence-electron chi connectivity index (χ2n) is 5.44. The molecule has 0 aromatic heterocycles. The van der Waals surface area contributed by atoms with Crippen molar-refractivity contribution in [1.29, 1.82) is 0 Å². The Bertz CT molecular complexity index is 388. The van der Waals surface area contributed by atoms with Gasteiger partial charge in [0.2, 0.25) is 0 Å². The summed E-state index contributed by atoms with van der Waals surface area (Å²) in [6, 6.07) is 1.10. The molecular formula is C11H22ClN3O3S. The molecule has 2 bridgehead atoms. The molecule has 2 N–H and O–H groups in total. The van der Waals surface area contributed by atoms with Crippen LogP contribution in [-0.4, -0.2) is 57.2 Å². The molecule has 3 saturated heterocycles. The Labute approximate surface area is 120 Å². The normalized spacial score (nSPS) is 35.9. The van der Waals surface area contributed by atoms with Crippen LogP contribution in [0.3, 0.4) is 0 Å². The fourth-order valence-corrected chi connectivity index (χ4v) is 4.62. The van der Waals surface area contributed by atoms with Gasteiger partial charge in [0.15, 0.2) is 0 Å². The van der Waals surface area contributed by atoms with E-state index in [1.165, 1.54) is 17.1 Å².